The molecule has 0 bridgehead atoms. The Hall–Kier alpha value is 2.58. The molecular weight excluding hydrogens is 476 g/mol. The van der Waals surface area contributed by atoms with E-state index in [1.165, 1.54) is 0 Å². The van der Waals surface area contributed by atoms with Gasteiger partial charge in [-0.2, -0.15) is 0 Å². The van der Waals surface area contributed by atoms with Crippen molar-refractivity contribution < 1.29 is 126 Å². The van der Waals surface area contributed by atoms with E-state index in [4.69, 9.17) is 0 Å². The van der Waals surface area contributed by atoms with Crippen molar-refractivity contribution in [3.63, 3.8) is 0 Å². The van der Waals surface area contributed by atoms with Crippen molar-refractivity contribution in [2.45, 2.75) is 0 Å². The molecule has 0 amide bonds. The Bertz CT molecular complexity index is 13.0. The minimum absolute atomic E-state index is 0. The van der Waals surface area contributed by atoms with Crippen molar-refractivity contribution in [3.8, 4) is 0 Å². The molecule has 0 aromatic carbocycles. The molecule has 0 spiro atoms. The second-order valence-electron chi connectivity index (χ2n) is 0. The first kappa shape index (κ1) is 254. The maximum atomic E-state index is 0. The monoisotopic (exact) mass is 485 g/mol. The zero-order valence-electron chi connectivity index (χ0n) is 4.63. The minimum Gasteiger partial charge on any atom is -1.00 e. The van der Waals surface area contributed by atoms with Crippen molar-refractivity contribution in [1.82, 2.24) is 0 Å². The van der Waals surface area contributed by atoms with E-state index in [0.29, 0.717) is 0 Å². The Morgan fingerprint density at radius 2 is 0.300 bits per heavy atom. The van der Waals surface area contributed by atoms with Crippen molar-refractivity contribution in [3.05, 3.63) is 0 Å². The molecular formula is H12Br3CeO6. The largest absolute Gasteiger partial charge is 3.00 e. The molecule has 1 radical (unpaired) electrons. The average molecular weight is 488 g/mol. The SMILES string of the molecule is O.O.O.O.O.O.[Br-].[Br-].[Br-].[Ce+3]. The Morgan fingerprint density at radius 1 is 0.300 bits per heavy atom. The Balaban J connectivity index is 0. The molecule has 12 N–H and O–H groups in total. The van der Waals surface area contributed by atoms with E-state index in [-0.39, 0.29) is 126 Å². The third-order valence-electron chi connectivity index (χ3n) is 0. The standard InChI is InChI=1S/3BrH.Ce.6H2O/h3*1H;;6*1H2/q;;;+3;;;;;;/p-3. The van der Waals surface area contributed by atoms with Crippen LogP contribution in [0.25, 0.3) is 0 Å². The predicted octanol–water partition coefficient (Wildman–Crippen LogP) is -13.9. The van der Waals surface area contributed by atoms with E-state index in [1.807, 2.05) is 0 Å². The number of hydrogen-bond acceptors (Lipinski definition) is 0. The fraction of sp³-hybridized carbons (Fsp3) is 0. The molecule has 0 aromatic rings. The molecule has 6 nitrogen and oxygen atoms in total. The van der Waals surface area contributed by atoms with Crippen LogP contribution in [0.2, 0.25) is 0 Å². The number of hydrogen-bond donors (Lipinski definition) is 0. The van der Waals surface area contributed by atoms with Gasteiger partial charge in [0.25, 0.3) is 0 Å². The van der Waals surface area contributed by atoms with E-state index in [2.05, 4.69) is 0 Å². The van der Waals surface area contributed by atoms with Crippen LogP contribution in [0.4, 0.5) is 0 Å². The fourth-order valence-electron chi connectivity index (χ4n) is 0. The predicted molar refractivity (Wildman–Crippen MR) is 21.7 cm³/mol. The van der Waals surface area contributed by atoms with Gasteiger partial charge in [-0.05, 0) is 0 Å². The average Bonchev–Trinajstić information content (AvgIpc) is 0. The summed E-state index contributed by atoms with van der Waals surface area (Å²) in [5, 5.41) is 0. The summed E-state index contributed by atoms with van der Waals surface area (Å²) in [6.45, 7) is 0. The maximum Gasteiger partial charge on any atom is 3.00 e. The van der Waals surface area contributed by atoms with Gasteiger partial charge in [0.05, 0.1) is 0 Å². The summed E-state index contributed by atoms with van der Waals surface area (Å²) in [6, 6.07) is 0. The normalized spacial score (nSPS) is 0. The van der Waals surface area contributed by atoms with Gasteiger partial charge >= 0.3 is 41.7 Å². The molecule has 0 fully saturated rings. The molecule has 0 atom stereocenters. The molecule has 0 saturated heterocycles. The first-order valence-electron chi connectivity index (χ1n) is 0. The van der Waals surface area contributed by atoms with Crippen LogP contribution in [0.5, 0.6) is 0 Å². The molecule has 0 heterocycles. The first-order valence-corrected chi connectivity index (χ1v) is 0. The van der Waals surface area contributed by atoms with Gasteiger partial charge in [-0.15, -0.1) is 0 Å². The molecule has 0 aromatic heterocycles. The van der Waals surface area contributed by atoms with E-state index < -0.39 is 0 Å². The fourth-order valence-corrected chi connectivity index (χ4v) is 0. The molecule has 10 heteroatoms. The number of halogens is 3. The van der Waals surface area contributed by atoms with Gasteiger partial charge < -0.3 is 83.8 Å². The minimum atomic E-state index is 0. The summed E-state index contributed by atoms with van der Waals surface area (Å²) in [7, 11) is 0. The van der Waals surface area contributed by atoms with E-state index in [0.717, 1.165) is 0 Å². The van der Waals surface area contributed by atoms with Crippen molar-refractivity contribution in [2.24, 2.45) is 0 Å². The zero-order chi connectivity index (χ0) is 0. The Kier molecular flexibility index (Phi) is 4950. The second-order valence-corrected chi connectivity index (χ2v) is 0. The summed E-state index contributed by atoms with van der Waals surface area (Å²) >= 11 is 0. The molecule has 0 aliphatic rings. The Labute approximate surface area is 124 Å². The molecule has 0 saturated carbocycles. The zero-order valence-corrected chi connectivity index (χ0v) is 12.5. The second kappa shape index (κ2) is 195. The number of rotatable bonds is 0. The van der Waals surface area contributed by atoms with Gasteiger partial charge in [0.2, 0.25) is 0 Å². The van der Waals surface area contributed by atoms with Crippen LogP contribution in [-0.2, 0) is 0 Å². The topological polar surface area (TPSA) is 189 Å². The van der Waals surface area contributed by atoms with Gasteiger partial charge in [-0.25, -0.2) is 0 Å². The third kappa shape index (κ3) is 146. The van der Waals surface area contributed by atoms with Crippen LogP contribution in [0, 0.1) is 41.7 Å². The van der Waals surface area contributed by atoms with Crippen molar-refractivity contribution >= 4 is 0 Å². The van der Waals surface area contributed by atoms with Crippen LogP contribution in [0.15, 0.2) is 0 Å². The molecule has 10 heavy (non-hydrogen) atoms. The molecule has 0 unspecified atom stereocenters. The van der Waals surface area contributed by atoms with Crippen LogP contribution in [-0.4, -0.2) is 32.9 Å². The van der Waals surface area contributed by atoms with Gasteiger partial charge in [-0.3, -0.25) is 0 Å². The third-order valence-corrected chi connectivity index (χ3v) is 0. The van der Waals surface area contributed by atoms with Crippen LogP contribution in [0.1, 0.15) is 0 Å². The van der Waals surface area contributed by atoms with Gasteiger partial charge in [0.15, 0.2) is 0 Å². The summed E-state index contributed by atoms with van der Waals surface area (Å²) in [5.74, 6) is 0. The smallest absolute Gasteiger partial charge is 1.00 e. The molecule has 0 aliphatic heterocycles. The summed E-state index contributed by atoms with van der Waals surface area (Å²) in [4.78, 5) is 0. The molecule has 0 aliphatic carbocycles. The van der Waals surface area contributed by atoms with E-state index >= 15 is 0 Å². The van der Waals surface area contributed by atoms with Crippen LogP contribution in [0.3, 0.4) is 0 Å². The summed E-state index contributed by atoms with van der Waals surface area (Å²) in [6.07, 6.45) is 0. The first-order chi connectivity index (χ1) is 0. The van der Waals surface area contributed by atoms with Gasteiger partial charge in [0, 0.05) is 0 Å². The van der Waals surface area contributed by atoms with E-state index in [9.17, 15) is 0 Å². The van der Waals surface area contributed by atoms with Crippen molar-refractivity contribution in [1.29, 1.82) is 0 Å². The summed E-state index contributed by atoms with van der Waals surface area (Å²) < 4.78 is 0. The molecule has 0 rings (SSSR count). The van der Waals surface area contributed by atoms with Crippen LogP contribution < -0.4 is 50.9 Å². The van der Waals surface area contributed by atoms with E-state index in [1.54, 1.807) is 0 Å². The van der Waals surface area contributed by atoms with Crippen molar-refractivity contribution in [2.75, 3.05) is 0 Å². The maximum absolute atomic E-state index is 0. The summed E-state index contributed by atoms with van der Waals surface area (Å²) in [5.41, 5.74) is 0. The van der Waals surface area contributed by atoms with Gasteiger partial charge in [0.1, 0.15) is 0 Å². The quantitative estimate of drug-likeness (QED) is 0.314. The Morgan fingerprint density at radius 3 is 0.300 bits per heavy atom. The molecule has 73 valence electrons. The van der Waals surface area contributed by atoms with Gasteiger partial charge in [-0.1, -0.05) is 0 Å². The van der Waals surface area contributed by atoms with Crippen LogP contribution >= 0.6 is 0 Å².